The fourth-order valence-electron chi connectivity index (χ4n) is 3.16. The maximum Gasteiger partial charge on any atom is 0.197 e. The highest BCUT2D eigenvalue weighted by molar-refractivity contribution is 6.42. The van der Waals surface area contributed by atoms with Crippen LogP contribution >= 0.6 is 46.4 Å². The summed E-state index contributed by atoms with van der Waals surface area (Å²) in [6.45, 7) is 0.184. The van der Waals surface area contributed by atoms with E-state index in [9.17, 15) is 9.59 Å². The molecule has 0 unspecified atom stereocenters. The molecule has 0 aliphatic heterocycles. The van der Waals surface area contributed by atoms with Crippen LogP contribution in [0.5, 0.6) is 5.75 Å². The number of hydrogen-bond acceptors (Lipinski definition) is 3. The predicted octanol–water partition coefficient (Wildman–Crippen LogP) is 7.34. The number of fused-ring (bicyclic) bond motifs is 1. The van der Waals surface area contributed by atoms with Crippen LogP contribution in [-0.4, -0.2) is 11.6 Å². The third-order valence-electron chi connectivity index (χ3n) is 4.60. The van der Waals surface area contributed by atoms with Gasteiger partial charge in [-0.2, -0.15) is 0 Å². The number of allylic oxidation sites excluding steroid dienone is 1. The molecule has 0 N–H and O–H groups in total. The average molecular weight is 478 g/mol. The van der Waals surface area contributed by atoms with Gasteiger partial charge in [0.15, 0.2) is 17.3 Å². The maximum absolute atomic E-state index is 12.6. The zero-order chi connectivity index (χ0) is 21.4. The van der Waals surface area contributed by atoms with Gasteiger partial charge < -0.3 is 4.74 Å². The SMILES string of the molecule is O=C1C(=Cc2cc(Cl)c(OCc3ccc(Cl)c(Cl)c3)c(Cl)c2)C(=O)c2ccccc21. The molecule has 1 aliphatic rings. The largest absolute Gasteiger partial charge is 0.486 e. The summed E-state index contributed by atoms with van der Waals surface area (Å²) in [4.78, 5) is 25.1. The second kappa shape index (κ2) is 8.44. The number of Topliss-reactive ketones (excluding diaryl/α,β-unsaturated/α-hetero) is 2. The second-order valence-electron chi connectivity index (χ2n) is 6.61. The van der Waals surface area contributed by atoms with Crippen molar-refractivity contribution < 1.29 is 14.3 Å². The van der Waals surface area contributed by atoms with E-state index in [1.54, 1.807) is 54.6 Å². The van der Waals surface area contributed by atoms with Crippen molar-refractivity contribution in [1.29, 1.82) is 0 Å². The van der Waals surface area contributed by atoms with Crippen molar-refractivity contribution in [1.82, 2.24) is 0 Å². The van der Waals surface area contributed by atoms with E-state index >= 15 is 0 Å². The van der Waals surface area contributed by atoms with Crippen molar-refractivity contribution in [2.24, 2.45) is 0 Å². The molecule has 0 fully saturated rings. The summed E-state index contributed by atoms with van der Waals surface area (Å²) in [6.07, 6.45) is 1.49. The highest BCUT2D eigenvalue weighted by atomic mass is 35.5. The summed E-state index contributed by atoms with van der Waals surface area (Å²) in [5, 5.41) is 1.38. The number of benzene rings is 3. The summed E-state index contributed by atoms with van der Waals surface area (Å²) < 4.78 is 5.75. The number of carbonyl (C=O) groups is 2. The van der Waals surface area contributed by atoms with E-state index in [2.05, 4.69) is 0 Å². The number of carbonyl (C=O) groups excluding carboxylic acids is 2. The van der Waals surface area contributed by atoms with Crippen molar-refractivity contribution in [3.8, 4) is 5.75 Å². The standard InChI is InChI=1S/C23H12Cl4O3/c24-17-6-5-12(8-18(17)25)11-30-23-19(26)9-13(10-20(23)27)7-16-21(28)14-3-1-2-4-15(14)22(16)29/h1-10H,11H2. The first kappa shape index (κ1) is 21.0. The molecule has 0 heterocycles. The van der Waals surface area contributed by atoms with Crippen LogP contribution in [0.4, 0.5) is 0 Å². The van der Waals surface area contributed by atoms with Crippen molar-refractivity contribution in [3.05, 3.63) is 103 Å². The Kier molecular flexibility index (Phi) is 5.90. The Morgan fingerprint density at radius 1 is 0.733 bits per heavy atom. The number of ketones is 2. The molecule has 3 aromatic carbocycles. The van der Waals surface area contributed by atoms with E-state index in [0.29, 0.717) is 32.5 Å². The fraction of sp³-hybridized carbons (Fsp3) is 0.0435. The smallest absolute Gasteiger partial charge is 0.197 e. The molecule has 30 heavy (non-hydrogen) atoms. The van der Waals surface area contributed by atoms with Crippen molar-refractivity contribution in [2.45, 2.75) is 6.61 Å². The topological polar surface area (TPSA) is 43.4 Å². The Hall–Kier alpha value is -2.30. The van der Waals surface area contributed by atoms with Crippen LogP contribution in [0, 0.1) is 0 Å². The van der Waals surface area contributed by atoms with E-state index < -0.39 is 0 Å². The first-order chi connectivity index (χ1) is 14.3. The Bertz CT molecular complexity index is 1170. The lowest BCUT2D eigenvalue weighted by atomic mass is 10.1. The minimum atomic E-state index is -0.317. The average Bonchev–Trinajstić information content (AvgIpc) is 2.95. The van der Waals surface area contributed by atoms with Crippen LogP contribution < -0.4 is 4.74 Å². The Labute approximate surface area is 192 Å². The van der Waals surface area contributed by atoms with Gasteiger partial charge in [-0.1, -0.05) is 76.7 Å². The Morgan fingerprint density at radius 2 is 1.33 bits per heavy atom. The van der Waals surface area contributed by atoms with Crippen LogP contribution in [0.15, 0.2) is 60.2 Å². The van der Waals surface area contributed by atoms with E-state index in [-0.39, 0.29) is 33.8 Å². The minimum absolute atomic E-state index is 0.0767. The van der Waals surface area contributed by atoms with Gasteiger partial charge in [0.05, 0.1) is 25.7 Å². The highest BCUT2D eigenvalue weighted by Crippen LogP contribution is 2.37. The zero-order valence-electron chi connectivity index (χ0n) is 15.2. The molecular formula is C23H12Cl4O3. The fourth-order valence-corrected chi connectivity index (χ4v) is 4.09. The van der Waals surface area contributed by atoms with E-state index in [4.69, 9.17) is 51.1 Å². The van der Waals surface area contributed by atoms with E-state index in [0.717, 1.165) is 5.56 Å². The van der Waals surface area contributed by atoms with Crippen molar-refractivity contribution in [2.75, 3.05) is 0 Å². The molecule has 0 amide bonds. The van der Waals surface area contributed by atoms with E-state index in [1.165, 1.54) is 6.08 Å². The lowest BCUT2D eigenvalue weighted by Crippen LogP contribution is -2.01. The van der Waals surface area contributed by atoms with Crippen LogP contribution in [0.2, 0.25) is 20.1 Å². The zero-order valence-corrected chi connectivity index (χ0v) is 18.2. The quantitative estimate of drug-likeness (QED) is 0.291. The molecular weight excluding hydrogens is 466 g/mol. The lowest BCUT2D eigenvalue weighted by molar-refractivity contribution is 0.0990. The van der Waals surface area contributed by atoms with Gasteiger partial charge in [-0.05, 0) is 41.5 Å². The van der Waals surface area contributed by atoms with Gasteiger partial charge in [0.1, 0.15) is 6.61 Å². The summed E-state index contributed by atoms with van der Waals surface area (Å²) in [6, 6.07) is 15.0. The molecule has 3 nitrogen and oxygen atoms in total. The Balaban J connectivity index is 1.59. The molecule has 1 aliphatic carbocycles. The molecule has 0 atom stereocenters. The molecule has 150 valence electrons. The summed E-state index contributed by atoms with van der Waals surface area (Å²) >= 11 is 24.6. The number of hydrogen-bond donors (Lipinski definition) is 0. The molecule has 0 radical (unpaired) electrons. The second-order valence-corrected chi connectivity index (χ2v) is 8.24. The number of rotatable bonds is 4. The molecule has 0 spiro atoms. The lowest BCUT2D eigenvalue weighted by Gasteiger charge is -2.11. The summed E-state index contributed by atoms with van der Waals surface area (Å²) in [7, 11) is 0. The summed E-state index contributed by atoms with van der Waals surface area (Å²) in [5.74, 6) is -0.343. The van der Waals surface area contributed by atoms with Gasteiger partial charge in [0.2, 0.25) is 0 Å². The maximum atomic E-state index is 12.6. The molecule has 0 aromatic heterocycles. The monoisotopic (exact) mass is 476 g/mol. The number of halogens is 4. The summed E-state index contributed by atoms with van der Waals surface area (Å²) in [5.41, 5.74) is 2.19. The Morgan fingerprint density at radius 3 is 1.90 bits per heavy atom. The van der Waals surface area contributed by atoms with Crippen LogP contribution in [0.1, 0.15) is 31.8 Å². The highest BCUT2D eigenvalue weighted by Gasteiger charge is 2.32. The van der Waals surface area contributed by atoms with E-state index in [1.807, 2.05) is 0 Å². The van der Waals surface area contributed by atoms with Gasteiger partial charge in [0, 0.05) is 11.1 Å². The van der Waals surface area contributed by atoms with Crippen molar-refractivity contribution >= 4 is 64.0 Å². The molecule has 7 heteroatoms. The predicted molar refractivity (Wildman–Crippen MR) is 120 cm³/mol. The number of ether oxygens (including phenoxy) is 1. The third kappa shape index (κ3) is 3.99. The normalized spacial score (nSPS) is 12.9. The molecule has 0 saturated carbocycles. The van der Waals surface area contributed by atoms with Gasteiger partial charge in [0.25, 0.3) is 0 Å². The first-order valence-electron chi connectivity index (χ1n) is 8.81. The van der Waals surface area contributed by atoms with Gasteiger partial charge in [-0.3, -0.25) is 9.59 Å². The molecule has 0 bridgehead atoms. The van der Waals surface area contributed by atoms with Gasteiger partial charge >= 0.3 is 0 Å². The van der Waals surface area contributed by atoms with Crippen molar-refractivity contribution in [3.63, 3.8) is 0 Å². The molecule has 4 rings (SSSR count). The molecule has 0 saturated heterocycles. The van der Waals surface area contributed by atoms with Crippen LogP contribution in [0.25, 0.3) is 6.08 Å². The minimum Gasteiger partial charge on any atom is -0.486 e. The van der Waals surface area contributed by atoms with Crippen LogP contribution in [0.3, 0.4) is 0 Å². The van der Waals surface area contributed by atoms with Gasteiger partial charge in [-0.15, -0.1) is 0 Å². The molecule has 3 aromatic rings. The third-order valence-corrected chi connectivity index (χ3v) is 5.90. The first-order valence-corrected chi connectivity index (χ1v) is 10.3. The van der Waals surface area contributed by atoms with Crippen LogP contribution in [-0.2, 0) is 6.61 Å². The van der Waals surface area contributed by atoms with Gasteiger partial charge in [-0.25, -0.2) is 0 Å².